The van der Waals surface area contributed by atoms with Crippen LogP contribution >= 0.6 is 0 Å². The molecule has 16 heavy (non-hydrogen) atoms. The van der Waals surface area contributed by atoms with Crippen LogP contribution in [0, 0.1) is 0 Å². The van der Waals surface area contributed by atoms with Crippen molar-refractivity contribution in [3.05, 3.63) is 0 Å². The molecule has 0 amide bonds. The van der Waals surface area contributed by atoms with E-state index in [-0.39, 0.29) is 5.97 Å². The van der Waals surface area contributed by atoms with E-state index in [0.29, 0.717) is 6.42 Å². The van der Waals surface area contributed by atoms with E-state index >= 15 is 0 Å². The number of nitrogens with two attached hydrogens (primary N) is 1. The van der Waals surface area contributed by atoms with E-state index < -0.39 is 5.72 Å². The van der Waals surface area contributed by atoms with Gasteiger partial charge in [-0.3, -0.25) is 10.5 Å². The predicted molar refractivity (Wildman–Crippen MR) is 67.0 cm³/mol. The minimum atomic E-state index is -0.835. The molecule has 3 nitrogen and oxygen atoms in total. The first kappa shape index (κ1) is 15.4. The lowest BCUT2D eigenvalue weighted by atomic mass is 10.1. The van der Waals surface area contributed by atoms with Crippen LogP contribution in [0.15, 0.2) is 0 Å². The molecule has 2 N–H and O–H groups in total. The number of rotatable bonds is 9. The molecule has 0 radical (unpaired) electrons. The lowest BCUT2D eigenvalue weighted by Gasteiger charge is -2.19. The number of hydrogen-bond donors (Lipinski definition) is 1. The Kier molecular flexibility index (Phi) is 8.26. The van der Waals surface area contributed by atoms with Crippen molar-refractivity contribution in [3.8, 4) is 0 Å². The largest absolute Gasteiger partial charge is 0.445 e. The number of hydrogen-bond acceptors (Lipinski definition) is 3. The molecule has 0 saturated heterocycles. The summed E-state index contributed by atoms with van der Waals surface area (Å²) < 4.78 is 5.02. The Bertz CT molecular complexity index is 185. The molecule has 0 aromatic carbocycles. The summed E-state index contributed by atoms with van der Waals surface area (Å²) in [4.78, 5) is 11.3. The molecule has 0 aliphatic carbocycles. The molecule has 0 aromatic heterocycles. The van der Waals surface area contributed by atoms with Crippen molar-refractivity contribution < 1.29 is 9.53 Å². The molecule has 0 atom stereocenters. The fourth-order valence-corrected chi connectivity index (χ4v) is 1.57. The Morgan fingerprint density at radius 1 is 1.06 bits per heavy atom. The summed E-state index contributed by atoms with van der Waals surface area (Å²) >= 11 is 0. The molecule has 0 bridgehead atoms. The minimum Gasteiger partial charge on any atom is -0.445 e. The van der Waals surface area contributed by atoms with Crippen LogP contribution in [-0.4, -0.2) is 11.7 Å². The lowest BCUT2D eigenvalue weighted by Crippen LogP contribution is -2.37. The number of ether oxygens (including phenoxy) is 1. The summed E-state index contributed by atoms with van der Waals surface area (Å²) in [6.07, 6.45) is 8.95. The summed E-state index contributed by atoms with van der Waals surface area (Å²) in [7, 11) is 0. The zero-order valence-corrected chi connectivity index (χ0v) is 11.1. The third-order valence-electron chi connectivity index (χ3n) is 2.36. The number of esters is 1. The molecule has 0 aromatic rings. The molecule has 0 spiro atoms. The van der Waals surface area contributed by atoms with E-state index in [1.807, 2.05) is 0 Å². The summed E-state index contributed by atoms with van der Waals surface area (Å²) in [6, 6.07) is 0. The van der Waals surface area contributed by atoms with Gasteiger partial charge in [0, 0.05) is 6.42 Å². The second-order valence-electron chi connectivity index (χ2n) is 4.95. The molecule has 0 heterocycles. The second-order valence-corrected chi connectivity index (χ2v) is 4.95. The first-order valence-corrected chi connectivity index (χ1v) is 6.46. The zero-order chi connectivity index (χ0) is 12.4. The fraction of sp³-hybridized carbons (Fsp3) is 0.923. The quantitative estimate of drug-likeness (QED) is 0.375. The van der Waals surface area contributed by atoms with Crippen LogP contribution in [0.2, 0.25) is 0 Å². The van der Waals surface area contributed by atoms with Gasteiger partial charge in [-0.25, -0.2) is 0 Å². The van der Waals surface area contributed by atoms with Crippen LogP contribution in [0.5, 0.6) is 0 Å². The van der Waals surface area contributed by atoms with Gasteiger partial charge in [-0.2, -0.15) is 0 Å². The van der Waals surface area contributed by atoms with E-state index in [1.54, 1.807) is 13.8 Å². The van der Waals surface area contributed by atoms with Crippen LogP contribution in [-0.2, 0) is 9.53 Å². The molecule has 0 saturated carbocycles. The summed E-state index contributed by atoms with van der Waals surface area (Å²) in [6.45, 7) is 5.59. The maximum absolute atomic E-state index is 11.3. The van der Waals surface area contributed by atoms with E-state index in [4.69, 9.17) is 10.5 Å². The molecular weight excluding hydrogens is 202 g/mol. The van der Waals surface area contributed by atoms with Crippen LogP contribution in [0.25, 0.3) is 0 Å². The van der Waals surface area contributed by atoms with E-state index in [1.165, 1.54) is 32.1 Å². The molecule has 0 aliphatic rings. The molecule has 0 unspecified atom stereocenters. The summed E-state index contributed by atoms with van der Waals surface area (Å²) in [5, 5.41) is 0. The molecular formula is C13H27NO2. The Balaban J connectivity index is 3.28. The topological polar surface area (TPSA) is 52.3 Å². The van der Waals surface area contributed by atoms with Gasteiger partial charge < -0.3 is 4.74 Å². The molecule has 0 rings (SSSR count). The second kappa shape index (κ2) is 8.57. The van der Waals surface area contributed by atoms with Gasteiger partial charge in [0.15, 0.2) is 5.72 Å². The first-order chi connectivity index (χ1) is 7.45. The van der Waals surface area contributed by atoms with Crippen molar-refractivity contribution in [2.24, 2.45) is 5.73 Å². The van der Waals surface area contributed by atoms with Crippen molar-refractivity contribution in [2.45, 2.75) is 77.9 Å². The Morgan fingerprint density at radius 2 is 1.56 bits per heavy atom. The highest BCUT2D eigenvalue weighted by Crippen LogP contribution is 2.10. The molecule has 0 aliphatic heterocycles. The van der Waals surface area contributed by atoms with Gasteiger partial charge in [0.25, 0.3) is 0 Å². The minimum absolute atomic E-state index is 0.180. The summed E-state index contributed by atoms with van der Waals surface area (Å²) in [5.74, 6) is -0.180. The normalized spacial score (nSPS) is 11.5. The van der Waals surface area contributed by atoms with Gasteiger partial charge in [-0.05, 0) is 20.3 Å². The van der Waals surface area contributed by atoms with Gasteiger partial charge in [-0.15, -0.1) is 0 Å². The molecule has 0 fully saturated rings. The van der Waals surface area contributed by atoms with E-state index in [0.717, 1.165) is 12.8 Å². The monoisotopic (exact) mass is 229 g/mol. The average molecular weight is 229 g/mol. The Labute approximate surface area is 99.7 Å². The van der Waals surface area contributed by atoms with Gasteiger partial charge in [0.1, 0.15) is 0 Å². The lowest BCUT2D eigenvalue weighted by molar-refractivity contribution is -0.156. The highest BCUT2D eigenvalue weighted by molar-refractivity contribution is 5.69. The predicted octanol–water partition coefficient (Wildman–Crippen LogP) is 3.37. The third kappa shape index (κ3) is 11.5. The van der Waals surface area contributed by atoms with E-state index in [2.05, 4.69) is 6.92 Å². The maximum atomic E-state index is 11.3. The fourth-order valence-electron chi connectivity index (χ4n) is 1.57. The summed E-state index contributed by atoms with van der Waals surface area (Å²) in [5.41, 5.74) is 4.74. The van der Waals surface area contributed by atoms with Gasteiger partial charge in [0.2, 0.25) is 0 Å². The van der Waals surface area contributed by atoms with Gasteiger partial charge >= 0.3 is 5.97 Å². The van der Waals surface area contributed by atoms with Gasteiger partial charge in [0.05, 0.1) is 0 Å². The Morgan fingerprint density at radius 3 is 2.06 bits per heavy atom. The average Bonchev–Trinajstić information content (AvgIpc) is 2.13. The van der Waals surface area contributed by atoms with Crippen LogP contribution in [0.3, 0.4) is 0 Å². The molecule has 3 heteroatoms. The Hall–Kier alpha value is -0.570. The van der Waals surface area contributed by atoms with Crippen LogP contribution in [0.4, 0.5) is 0 Å². The van der Waals surface area contributed by atoms with Crippen LogP contribution in [0.1, 0.15) is 72.1 Å². The van der Waals surface area contributed by atoms with Crippen molar-refractivity contribution in [1.82, 2.24) is 0 Å². The number of unbranched alkanes of at least 4 members (excludes halogenated alkanes) is 6. The maximum Gasteiger partial charge on any atom is 0.307 e. The highest BCUT2D eigenvalue weighted by Gasteiger charge is 2.15. The first-order valence-electron chi connectivity index (χ1n) is 6.46. The standard InChI is InChI=1S/C13H27NO2/c1-4-5-6-7-8-9-10-11-12(15)16-13(2,3)14/h4-11,14H2,1-3H3. The van der Waals surface area contributed by atoms with Crippen molar-refractivity contribution in [1.29, 1.82) is 0 Å². The van der Waals surface area contributed by atoms with Crippen molar-refractivity contribution >= 4 is 5.97 Å². The molecule has 96 valence electrons. The number of carbonyl (C=O) groups is 1. The SMILES string of the molecule is CCCCCCCCCC(=O)OC(C)(C)N. The highest BCUT2D eigenvalue weighted by atomic mass is 16.6. The smallest absolute Gasteiger partial charge is 0.307 e. The van der Waals surface area contributed by atoms with Gasteiger partial charge in [-0.1, -0.05) is 45.4 Å². The van der Waals surface area contributed by atoms with Crippen molar-refractivity contribution in [3.63, 3.8) is 0 Å². The number of carbonyl (C=O) groups excluding carboxylic acids is 1. The van der Waals surface area contributed by atoms with Crippen molar-refractivity contribution in [2.75, 3.05) is 0 Å². The zero-order valence-electron chi connectivity index (χ0n) is 11.1. The van der Waals surface area contributed by atoms with Crippen LogP contribution < -0.4 is 5.73 Å². The van der Waals surface area contributed by atoms with E-state index in [9.17, 15) is 4.79 Å². The third-order valence-corrected chi connectivity index (χ3v) is 2.36.